The molecule has 0 spiro atoms. The third-order valence-electron chi connectivity index (χ3n) is 5.01. The van der Waals surface area contributed by atoms with Gasteiger partial charge in [0.15, 0.2) is 0 Å². The second kappa shape index (κ2) is 9.79. The molecule has 1 saturated heterocycles. The van der Waals surface area contributed by atoms with Gasteiger partial charge in [-0.1, -0.05) is 6.42 Å². The molecule has 180 valence electrons. The molecule has 2 aromatic carbocycles. The van der Waals surface area contributed by atoms with Gasteiger partial charge in [-0.25, -0.2) is 21.6 Å². The Morgan fingerprint density at radius 1 is 0.848 bits per heavy atom. The van der Waals surface area contributed by atoms with Crippen molar-refractivity contribution < 1.29 is 34.8 Å². The summed E-state index contributed by atoms with van der Waals surface area (Å²) in [5.41, 5.74) is -0.740. The van der Waals surface area contributed by atoms with E-state index in [0.29, 0.717) is 25.2 Å². The lowest BCUT2D eigenvalue weighted by Crippen LogP contribution is -2.35. The Kier molecular flexibility index (Phi) is 7.46. The van der Waals surface area contributed by atoms with Gasteiger partial charge in [0.05, 0.1) is 21.9 Å². The predicted octanol–water partition coefficient (Wildman–Crippen LogP) is 2.80. The number of hydrogen-bond acceptors (Lipinski definition) is 5. The zero-order chi connectivity index (χ0) is 24.3. The number of benzene rings is 2. The fraction of sp³-hybridized carbons (Fsp3) is 0.350. The lowest BCUT2D eigenvalue weighted by Gasteiger charge is -2.25. The molecule has 0 saturated carbocycles. The first-order valence-electron chi connectivity index (χ1n) is 9.96. The summed E-state index contributed by atoms with van der Waals surface area (Å²) >= 11 is 0. The fourth-order valence-corrected chi connectivity index (χ4v) is 5.74. The number of alkyl halides is 3. The Balaban J connectivity index is 1.58. The highest BCUT2D eigenvalue weighted by molar-refractivity contribution is 7.89. The maximum absolute atomic E-state index is 12.6. The Morgan fingerprint density at radius 3 is 1.94 bits per heavy atom. The maximum atomic E-state index is 12.6. The quantitative estimate of drug-likeness (QED) is 0.601. The Morgan fingerprint density at radius 2 is 1.39 bits per heavy atom. The zero-order valence-corrected chi connectivity index (χ0v) is 18.9. The second-order valence-corrected chi connectivity index (χ2v) is 11.1. The Bertz CT molecular complexity index is 1190. The van der Waals surface area contributed by atoms with Crippen LogP contribution in [0.2, 0.25) is 0 Å². The number of hydrogen-bond donors (Lipinski definition) is 2. The first-order valence-corrected chi connectivity index (χ1v) is 12.9. The van der Waals surface area contributed by atoms with Crippen LogP contribution in [0.15, 0.2) is 58.3 Å². The van der Waals surface area contributed by atoms with Crippen LogP contribution in [-0.4, -0.2) is 46.7 Å². The molecule has 0 radical (unpaired) electrons. The minimum Gasteiger partial charge on any atom is -0.325 e. The topological polar surface area (TPSA) is 113 Å². The number of nitrogens with one attached hydrogen (secondary N) is 2. The summed E-state index contributed by atoms with van der Waals surface area (Å²) in [5, 5.41) is 2.43. The van der Waals surface area contributed by atoms with Crippen LogP contribution in [0.5, 0.6) is 0 Å². The normalized spacial score (nSPS) is 15.8. The second-order valence-electron chi connectivity index (χ2n) is 7.38. The van der Waals surface area contributed by atoms with Crippen LogP contribution in [0.25, 0.3) is 0 Å². The number of halogens is 3. The molecule has 3 rings (SSSR count). The summed E-state index contributed by atoms with van der Waals surface area (Å²) in [6.07, 6.45) is -2.01. The van der Waals surface area contributed by atoms with Gasteiger partial charge in [0.2, 0.25) is 26.0 Å². The highest BCUT2D eigenvalue weighted by Crippen LogP contribution is 2.29. The minimum absolute atomic E-state index is 0.0883. The molecular weight excluding hydrogens is 483 g/mol. The van der Waals surface area contributed by atoms with Gasteiger partial charge in [-0.3, -0.25) is 4.79 Å². The lowest BCUT2D eigenvalue weighted by atomic mass is 10.2. The molecule has 1 fully saturated rings. The van der Waals surface area contributed by atoms with E-state index in [1.807, 2.05) is 4.72 Å². The molecule has 1 aliphatic heterocycles. The molecule has 0 atom stereocenters. The van der Waals surface area contributed by atoms with Crippen LogP contribution in [0, 0.1) is 0 Å². The molecule has 1 heterocycles. The number of carbonyl (C=O) groups excluding carboxylic acids is 1. The smallest absolute Gasteiger partial charge is 0.325 e. The summed E-state index contributed by atoms with van der Waals surface area (Å²) in [5.74, 6) is -0.739. The summed E-state index contributed by atoms with van der Waals surface area (Å²) in [6.45, 7) is 0.247. The van der Waals surface area contributed by atoms with Gasteiger partial charge in [-0.15, -0.1) is 0 Å². The van der Waals surface area contributed by atoms with E-state index >= 15 is 0 Å². The number of anilines is 1. The van der Waals surface area contributed by atoms with Gasteiger partial charge in [-0.05, 0) is 61.4 Å². The van der Waals surface area contributed by atoms with Crippen molar-refractivity contribution in [3.8, 4) is 0 Å². The van der Waals surface area contributed by atoms with Crippen LogP contribution >= 0.6 is 0 Å². The summed E-state index contributed by atoms with van der Waals surface area (Å²) in [4.78, 5) is 11.8. The average Bonchev–Trinajstić information content (AvgIpc) is 2.78. The zero-order valence-electron chi connectivity index (χ0n) is 17.3. The van der Waals surface area contributed by atoms with Gasteiger partial charge >= 0.3 is 6.18 Å². The van der Waals surface area contributed by atoms with E-state index in [2.05, 4.69) is 5.32 Å². The van der Waals surface area contributed by atoms with Crippen molar-refractivity contribution >= 4 is 31.6 Å². The molecule has 2 aromatic rings. The molecule has 0 unspecified atom stereocenters. The standard InChI is InChI=1S/C20H22F3N3O5S2/c21-20(22,23)15-4-8-17(9-5-15)32(28,29)24-14-19(27)25-16-6-10-18(11-7-16)33(30,31)26-12-2-1-3-13-26/h4-11,24H,1-3,12-14H2,(H,25,27). The first kappa shape index (κ1) is 25.1. The molecule has 0 aliphatic carbocycles. The average molecular weight is 506 g/mol. The molecule has 2 N–H and O–H groups in total. The van der Waals surface area contributed by atoms with Gasteiger partial charge < -0.3 is 5.32 Å². The van der Waals surface area contributed by atoms with Crippen molar-refractivity contribution in [3.63, 3.8) is 0 Å². The lowest BCUT2D eigenvalue weighted by molar-refractivity contribution is -0.137. The SMILES string of the molecule is O=C(CNS(=O)(=O)c1ccc(C(F)(F)F)cc1)Nc1ccc(S(=O)(=O)N2CCCCC2)cc1. The molecule has 13 heteroatoms. The van der Waals surface area contributed by atoms with Gasteiger partial charge in [-0.2, -0.15) is 17.5 Å². The Labute approximate surface area is 189 Å². The van der Waals surface area contributed by atoms with E-state index < -0.39 is 49.1 Å². The summed E-state index contributed by atoms with van der Waals surface area (Å²) in [7, 11) is -7.83. The van der Waals surface area contributed by atoms with Crippen LogP contribution in [-0.2, 0) is 31.0 Å². The molecule has 1 amide bonds. The minimum atomic E-state index is -4.60. The molecule has 33 heavy (non-hydrogen) atoms. The van der Waals surface area contributed by atoms with E-state index in [-0.39, 0.29) is 10.6 Å². The number of nitrogens with zero attached hydrogens (tertiary/aromatic N) is 1. The largest absolute Gasteiger partial charge is 0.416 e. The monoisotopic (exact) mass is 505 g/mol. The number of amides is 1. The van der Waals surface area contributed by atoms with Gasteiger partial charge in [0, 0.05) is 18.8 Å². The highest BCUT2D eigenvalue weighted by Gasteiger charge is 2.30. The van der Waals surface area contributed by atoms with Crippen molar-refractivity contribution in [2.45, 2.75) is 35.2 Å². The summed E-state index contributed by atoms with van der Waals surface area (Å²) in [6, 6.07) is 8.34. The molecule has 0 bridgehead atoms. The number of piperidine rings is 1. The van der Waals surface area contributed by atoms with Crippen molar-refractivity contribution in [2.75, 3.05) is 25.0 Å². The third-order valence-corrected chi connectivity index (χ3v) is 8.34. The molecular formula is C20H22F3N3O5S2. The summed E-state index contributed by atoms with van der Waals surface area (Å²) < 4.78 is 91.0. The maximum Gasteiger partial charge on any atom is 0.416 e. The van der Waals surface area contributed by atoms with Crippen LogP contribution in [0.3, 0.4) is 0 Å². The third kappa shape index (κ3) is 6.31. The fourth-order valence-electron chi connectivity index (χ4n) is 3.24. The van der Waals surface area contributed by atoms with Gasteiger partial charge in [0.1, 0.15) is 0 Å². The number of sulfonamides is 2. The van der Waals surface area contributed by atoms with E-state index in [0.717, 1.165) is 31.4 Å². The predicted molar refractivity (Wildman–Crippen MR) is 114 cm³/mol. The highest BCUT2D eigenvalue weighted by atomic mass is 32.2. The van der Waals surface area contributed by atoms with E-state index in [9.17, 15) is 34.8 Å². The van der Waals surface area contributed by atoms with Crippen LogP contribution in [0.4, 0.5) is 18.9 Å². The molecule has 8 nitrogen and oxygen atoms in total. The van der Waals surface area contributed by atoms with E-state index in [1.165, 1.54) is 28.6 Å². The first-order chi connectivity index (χ1) is 15.4. The number of carbonyl (C=O) groups is 1. The van der Waals surface area contributed by atoms with Crippen molar-refractivity contribution in [1.82, 2.24) is 9.03 Å². The number of rotatable bonds is 7. The van der Waals surface area contributed by atoms with Crippen molar-refractivity contribution in [1.29, 1.82) is 0 Å². The van der Waals surface area contributed by atoms with Crippen molar-refractivity contribution in [3.05, 3.63) is 54.1 Å². The Hall–Kier alpha value is -2.48. The van der Waals surface area contributed by atoms with Crippen LogP contribution < -0.4 is 10.0 Å². The van der Waals surface area contributed by atoms with Crippen LogP contribution in [0.1, 0.15) is 24.8 Å². The van der Waals surface area contributed by atoms with E-state index in [1.54, 1.807) is 0 Å². The van der Waals surface area contributed by atoms with Crippen molar-refractivity contribution in [2.24, 2.45) is 0 Å². The van der Waals surface area contributed by atoms with Gasteiger partial charge in [0.25, 0.3) is 0 Å². The molecule has 0 aromatic heterocycles. The molecule has 1 aliphatic rings. The van der Waals surface area contributed by atoms with E-state index in [4.69, 9.17) is 0 Å².